The summed E-state index contributed by atoms with van der Waals surface area (Å²) in [7, 11) is -3.77. The van der Waals surface area contributed by atoms with Gasteiger partial charge >= 0.3 is 16.4 Å². The summed E-state index contributed by atoms with van der Waals surface area (Å²) < 4.78 is 33.4. The van der Waals surface area contributed by atoms with Gasteiger partial charge in [0.15, 0.2) is 0 Å². The highest BCUT2D eigenvalue weighted by atomic mass is 32.3. The van der Waals surface area contributed by atoms with Gasteiger partial charge in [-0.25, -0.2) is 4.79 Å². The van der Waals surface area contributed by atoms with Crippen molar-refractivity contribution in [3.05, 3.63) is 0 Å². The van der Waals surface area contributed by atoms with E-state index in [9.17, 15) is 18.0 Å². The van der Waals surface area contributed by atoms with E-state index in [1.807, 2.05) is 0 Å². The number of likely N-dealkylation sites (tertiary alicyclic amines) is 1. The highest BCUT2D eigenvalue weighted by molar-refractivity contribution is 7.80. The van der Waals surface area contributed by atoms with Crippen molar-refractivity contribution in [3.63, 3.8) is 0 Å². The van der Waals surface area contributed by atoms with Gasteiger partial charge in [0.1, 0.15) is 6.04 Å². The van der Waals surface area contributed by atoms with Gasteiger partial charge in [-0.2, -0.15) is 13.5 Å². The zero-order chi connectivity index (χ0) is 13.9. The first-order chi connectivity index (χ1) is 8.22. The fraction of sp³-hybridized carbons (Fsp3) is 0.750. The van der Waals surface area contributed by atoms with Crippen LogP contribution >= 0.6 is 0 Å². The van der Waals surface area contributed by atoms with Crippen molar-refractivity contribution in [2.24, 2.45) is 5.73 Å². The normalized spacial score (nSPS) is 20.6. The van der Waals surface area contributed by atoms with Gasteiger partial charge < -0.3 is 10.6 Å². The zero-order valence-electron chi connectivity index (χ0n) is 9.77. The number of nitrogens with zero attached hydrogens (tertiary/aromatic N) is 2. The van der Waals surface area contributed by atoms with Gasteiger partial charge in [-0.15, -0.1) is 4.28 Å². The monoisotopic (exact) mass is 281 g/mol. The largest absolute Gasteiger partial charge is 0.418 e. The number of primary amides is 1. The second-order valence-electron chi connectivity index (χ2n) is 3.89. The molecule has 0 bridgehead atoms. The van der Waals surface area contributed by atoms with Crippen LogP contribution in [-0.4, -0.2) is 54.5 Å². The Labute approximate surface area is 104 Å². The number of hydrogen-bond donors (Lipinski definition) is 2. The molecular weight excluding hydrogens is 266 g/mol. The Bertz CT molecular complexity index is 436. The highest BCUT2D eigenvalue weighted by Crippen LogP contribution is 2.18. The third kappa shape index (κ3) is 3.82. The van der Waals surface area contributed by atoms with E-state index >= 15 is 0 Å². The lowest BCUT2D eigenvalue weighted by molar-refractivity contribution is -0.124. The van der Waals surface area contributed by atoms with Crippen LogP contribution in [0.25, 0.3) is 0 Å². The van der Waals surface area contributed by atoms with Crippen molar-refractivity contribution in [2.45, 2.75) is 25.3 Å². The van der Waals surface area contributed by atoms with Gasteiger partial charge in [0.25, 0.3) is 0 Å². The molecule has 0 aromatic heterocycles. The molecule has 1 atom stereocenters. The number of urea groups is 1. The number of rotatable bonds is 3. The second-order valence-corrected chi connectivity index (χ2v) is 4.89. The Balaban J connectivity index is 2.77. The van der Waals surface area contributed by atoms with Crippen LogP contribution in [0.15, 0.2) is 0 Å². The van der Waals surface area contributed by atoms with E-state index < -0.39 is 28.4 Å². The Morgan fingerprint density at radius 1 is 1.44 bits per heavy atom. The maximum Gasteiger partial charge on any atom is 0.418 e. The molecule has 0 aromatic rings. The molecular formula is C8H15N3O6S. The number of hydrogen-bond acceptors (Lipinski definition) is 5. The Morgan fingerprint density at radius 3 is 2.56 bits per heavy atom. The molecule has 1 aliphatic rings. The van der Waals surface area contributed by atoms with Gasteiger partial charge in [0.05, 0.1) is 0 Å². The lowest BCUT2D eigenvalue weighted by atomic mass is 10.0. The molecule has 3 N–H and O–H groups in total. The second kappa shape index (κ2) is 5.50. The average Bonchev–Trinajstić information content (AvgIpc) is 2.25. The minimum Gasteiger partial charge on any atom is -0.368 e. The number of carbonyl (C=O) groups is 2. The molecule has 0 aromatic carbocycles. The number of nitrogens with two attached hydrogens (primary N) is 1. The molecule has 1 fully saturated rings. The number of carbonyl (C=O) groups excluding carboxylic acids is 2. The summed E-state index contributed by atoms with van der Waals surface area (Å²) in [4.78, 5) is 24.1. The van der Waals surface area contributed by atoms with Gasteiger partial charge in [0.2, 0.25) is 5.91 Å². The van der Waals surface area contributed by atoms with Gasteiger partial charge in [-0.1, -0.05) is 0 Å². The molecule has 0 aliphatic carbocycles. The minimum atomic E-state index is -4.78. The van der Waals surface area contributed by atoms with E-state index in [0.29, 0.717) is 17.9 Å². The van der Waals surface area contributed by atoms with Crippen molar-refractivity contribution in [1.82, 2.24) is 9.96 Å². The van der Waals surface area contributed by atoms with Crippen LogP contribution in [0.2, 0.25) is 0 Å². The van der Waals surface area contributed by atoms with E-state index in [1.54, 1.807) is 0 Å². The van der Waals surface area contributed by atoms with Gasteiger partial charge in [0, 0.05) is 13.6 Å². The summed E-state index contributed by atoms with van der Waals surface area (Å²) in [5.74, 6) is -0.664. The Morgan fingerprint density at radius 2 is 2.06 bits per heavy atom. The van der Waals surface area contributed by atoms with E-state index in [2.05, 4.69) is 4.28 Å². The van der Waals surface area contributed by atoms with Crippen LogP contribution in [0.3, 0.4) is 0 Å². The molecule has 1 heterocycles. The molecule has 0 radical (unpaired) electrons. The maximum atomic E-state index is 11.8. The van der Waals surface area contributed by atoms with Crippen LogP contribution in [0, 0.1) is 0 Å². The summed E-state index contributed by atoms with van der Waals surface area (Å²) >= 11 is 0. The average molecular weight is 281 g/mol. The summed E-state index contributed by atoms with van der Waals surface area (Å²) in [5.41, 5.74) is 5.16. The molecule has 1 aliphatic heterocycles. The Kier molecular flexibility index (Phi) is 4.48. The molecule has 1 rings (SSSR count). The van der Waals surface area contributed by atoms with Gasteiger partial charge in [-0.05, 0) is 19.3 Å². The van der Waals surface area contributed by atoms with Crippen LogP contribution < -0.4 is 5.73 Å². The lowest BCUT2D eigenvalue weighted by Gasteiger charge is -2.35. The molecule has 3 amide bonds. The van der Waals surface area contributed by atoms with Crippen molar-refractivity contribution < 1.29 is 26.8 Å². The molecule has 10 heteroatoms. The lowest BCUT2D eigenvalue weighted by Crippen LogP contribution is -2.54. The SMILES string of the molecule is CN(OS(=O)(=O)O)C(=O)N1CCCC[C@@H]1C(N)=O. The standard InChI is InChI=1S/C8H15N3O6S/c1-10(17-18(14,15)16)8(13)11-5-3-2-4-6(11)7(9)12/h6H,2-5H2,1H3,(H2,9,12)(H,14,15,16)/t6-/m1/s1. The highest BCUT2D eigenvalue weighted by Gasteiger charge is 2.33. The molecule has 0 spiro atoms. The summed E-state index contributed by atoms with van der Waals surface area (Å²) in [6, 6.07) is -1.64. The number of piperidine rings is 1. The summed E-state index contributed by atoms with van der Waals surface area (Å²) in [6.45, 7) is 0.269. The van der Waals surface area contributed by atoms with E-state index in [1.165, 1.54) is 0 Å². The first kappa shape index (κ1) is 14.7. The third-order valence-corrected chi connectivity index (χ3v) is 2.96. The third-order valence-electron chi connectivity index (χ3n) is 2.55. The molecule has 18 heavy (non-hydrogen) atoms. The molecule has 0 saturated carbocycles. The predicted molar refractivity (Wildman–Crippen MR) is 59.3 cm³/mol. The Hall–Kier alpha value is -1.39. The first-order valence-electron chi connectivity index (χ1n) is 5.23. The summed E-state index contributed by atoms with van der Waals surface area (Å²) in [6.07, 6.45) is 1.84. The minimum absolute atomic E-state index is 0.269. The first-order valence-corrected chi connectivity index (χ1v) is 6.59. The smallest absolute Gasteiger partial charge is 0.368 e. The maximum absolute atomic E-state index is 11.8. The fourth-order valence-corrected chi connectivity index (χ4v) is 2.16. The van der Waals surface area contributed by atoms with E-state index in [0.717, 1.165) is 18.4 Å². The molecule has 104 valence electrons. The fourth-order valence-electron chi connectivity index (χ4n) is 1.81. The topological polar surface area (TPSA) is 130 Å². The van der Waals surface area contributed by atoms with E-state index in [4.69, 9.17) is 10.3 Å². The van der Waals surface area contributed by atoms with Crippen LogP contribution in [-0.2, 0) is 19.5 Å². The summed E-state index contributed by atoms with van der Waals surface area (Å²) in [5, 5.41) is 0.344. The molecule has 9 nitrogen and oxygen atoms in total. The van der Waals surface area contributed by atoms with Crippen molar-refractivity contribution in [3.8, 4) is 0 Å². The quantitative estimate of drug-likeness (QED) is 0.510. The van der Waals surface area contributed by atoms with Crippen LogP contribution in [0.4, 0.5) is 4.79 Å². The van der Waals surface area contributed by atoms with Crippen molar-refractivity contribution in [1.29, 1.82) is 0 Å². The van der Waals surface area contributed by atoms with Crippen molar-refractivity contribution >= 4 is 22.3 Å². The number of hydroxylamine groups is 2. The zero-order valence-corrected chi connectivity index (χ0v) is 10.6. The van der Waals surface area contributed by atoms with Crippen LogP contribution in [0.5, 0.6) is 0 Å². The number of amides is 3. The molecule has 0 unspecified atom stereocenters. The van der Waals surface area contributed by atoms with Crippen molar-refractivity contribution in [2.75, 3.05) is 13.6 Å². The van der Waals surface area contributed by atoms with Crippen LogP contribution in [0.1, 0.15) is 19.3 Å². The molecule has 1 saturated heterocycles. The predicted octanol–water partition coefficient (Wildman–Crippen LogP) is -0.888. The van der Waals surface area contributed by atoms with Gasteiger partial charge in [-0.3, -0.25) is 9.35 Å². The van der Waals surface area contributed by atoms with E-state index in [-0.39, 0.29) is 6.54 Å².